The van der Waals surface area contributed by atoms with Gasteiger partial charge in [-0.2, -0.15) is 13.2 Å². The van der Waals surface area contributed by atoms with Gasteiger partial charge in [-0.15, -0.1) is 11.3 Å². The van der Waals surface area contributed by atoms with Gasteiger partial charge in [-0.05, 0) is 47.3 Å². The molecule has 0 fully saturated rings. The van der Waals surface area contributed by atoms with Crippen LogP contribution in [0.5, 0.6) is 5.75 Å². The Morgan fingerprint density at radius 2 is 1.68 bits per heavy atom. The Hall–Kier alpha value is -3.36. The molecule has 4 rings (SSSR count). The predicted octanol–water partition coefficient (Wildman–Crippen LogP) is 5.83. The number of anilines is 2. The van der Waals surface area contributed by atoms with E-state index < -0.39 is 44.1 Å². The number of nitrogens with zero attached hydrogens (tertiary/aromatic N) is 1. The maximum Gasteiger partial charge on any atom is 0.419 e. The van der Waals surface area contributed by atoms with E-state index in [-0.39, 0.29) is 26.9 Å². The van der Waals surface area contributed by atoms with Gasteiger partial charge in [-0.3, -0.25) is 9.03 Å². The van der Waals surface area contributed by atoms with Gasteiger partial charge in [0, 0.05) is 10.8 Å². The number of benzene rings is 3. The first kappa shape index (κ1) is 27.7. The first-order valence-corrected chi connectivity index (χ1v) is 14.9. The van der Waals surface area contributed by atoms with Gasteiger partial charge in [-0.25, -0.2) is 21.2 Å². The standard InChI is InChI=1S/C24H20F4N2O5S3/c1-35-20-13-17(29-37(2,31)32)8-10-22(20)38(33,34)30(23-12-16-5-3-4-6-21(16)36-23)14-15-7-9-19(25)18(11-15)24(26,27)28/h3-13,29H,14H2,1-2H3. The SMILES string of the molecule is COc1cc(NS(C)(=O)=O)ccc1S(=O)(=O)N(Cc1ccc(F)c(C(F)(F)F)c1)c1cc2ccccc2s1. The fraction of sp³-hybridized carbons (Fsp3) is 0.167. The van der Waals surface area contributed by atoms with Crippen LogP contribution in [0.1, 0.15) is 11.1 Å². The topological polar surface area (TPSA) is 92.8 Å². The summed E-state index contributed by atoms with van der Waals surface area (Å²) in [5.74, 6) is -1.67. The molecule has 1 heterocycles. The van der Waals surface area contributed by atoms with Gasteiger partial charge in [0.1, 0.15) is 21.5 Å². The molecule has 0 aliphatic carbocycles. The molecule has 4 aromatic rings. The van der Waals surface area contributed by atoms with Crippen LogP contribution >= 0.6 is 11.3 Å². The van der Waals surface area contributed by atoms with Crippen LogP contribution in [-0.4, -0.2) is 30.2 Å². The zero-order valence-electron chi connectivity index (χ0n) is 19.8. The summed E-state index contributed by atoms with van der Waals surface area (Å²) in [6.45, 7) is -0.551. The molecular weight excluding hydrogens is 568 g/mol. The van der Waals surface area contributed by atoms with E-state index in [1.807, 2.05) is 0 Å². The van der Waals surface area contributed by atoms with Crippen molar-refractivity contribution in [3.8, 4) is 5.75 Å². The van der Waals surface area contributed by atoms with Crippen LogP contribution in [0.2, 0.25) is 0 Å². The van der Waals surface area contributed by atoms with Crippen LogP contribution in [-0.2, 0) is 32.8 Å². The van der Waals surface area contributed by atoms with Crippen molar-refractivity contribution >= 4 is 52.2 Å². The number of sulfonamides is 2. The van der Waals surface area contributed by atoms with E-state index in [9.17, 15) is 34.4 Å². The minimum absolute atomic E-state index is 0.0464. The molecule has 38 heavy (non-hydrogen) atoms. The lowest BCUT2D eigenvalue weighted by Gasteiger charge is -2.24. The Bertz CT molecular complexity index is 1690. The van der Waals surface area contributed by atoms with Crippen molar-refractivity contribution in [1.82, 2.24) is 0 Å². The number of fused-ring (bicyclic) bond motifs is 1. The zero-order chi connectivity index (χ0) is 27.9. The number of hydrogen-bond acceptors (Lipinski definition) is 6. The molecule has 0 amide bonds. The molecule has 0 radical (unpaired) electrons. The lowest BCUT2D eigenvalue weighted by molar-refractivity contribution is -0.140. The van der Waals surface area contributed by atoms with Crippen molar-refractivity contribution in [2.24, 2.45) is 0 Å². The average Bonchev–Trinajstić information content (AvgIpc) is 3.25. The molecular formula is C24H20F4N2O5S3. The van der Waals surface area contributed by atoms with E-state index in [0.717, 1.165) is 38.7 Å². The normalized spacial score (nSPS) is 12.5. The highest BCUT2D eigenvalue weighted by Crippen LogP contribution is 2.39. The number of halogens is 4. The molecule has 0 bridgehead atoms. The molecule has 3 aromatic carbocycles. The molecule has 14 heteroatoms. The summed E-state index contributed by atoms with van der Waals surface area (Å²) in [4.78, 5) is -0.352. The molecule has 0 aliphatic heterocycles. The highest BCUT2D eigenvalue weighted by atomic mass is 32.2. The lowest BCUT2D eigenvalue weighted by atomic mass is 10.1. The largest absolute Gasteiger partial charge is 0.495 e. The number of rotatable bonds is 8. The third kappa shape index (κ3) is 5.87. The lowest BCUT2D eigenvalue weighted by Crippen LogP contribution is -2.30. The molecule has 0 saturated carbocycles. The second-order valence-corrected chi connectivity index (χ2v) is 12.8. The summed E-state index contributed by atoms with van der Waals surface area (Å²) in [6, 6.07) is 14.4. The maximum absolute atomic E-state index is 14.0. The predicted molar refractivity (Wildman–Crippen MR) is 138 cm³/mol. The van der Waals surface area contributed by atoms with Crippen molar-refractivity contribution in [2.45, 2.75) is 17.6 Å². The summed E-state index contributed by atoms with van der Waals surface area (Å²) >= 11 is 1.10. The Morgan fingerprint density at radius 3 is 2.32 bits per heavy atom. The number of nitrogens with one attached hydrogen (secondary N) is 1. The van der Waals surface area contributed by atoms with Crippen molar-refractivity contribution in [2.75, 3.05) is 22.4 Å². The first-order valence-electron chi connectivity index (χ1n) is 10.7. The van der Waals surface area contributed by atoms with Crippen molar-refractivity contribution in [3.05, 3.63) is 83.7 Å². The summed E-state index contributed by atoms with van der Waals surface area (Å²) in [7, 11) is -6.97. The van der Waals surface area contributed by atoms with Gasteiger partial charge < -0.3 is 4.74 Å². The molecule has 0 saturated heterocycles. The average molecular weight is 589 g/mol. The van der Waals surface area contributed by atoms with Gasteiger partial charge in [0.2, 0.25) is 10.0 Å². The fourth-order valence-electron chi connectivity index (χ4n) is 3.70. The number of ether oxygens (including phenoxy) is 1. The molecule has 202 valence electrons. The van der Waals surface area contributed by atoms with Crippen molar-refractivity contribution < 1.29 is 39.1 Å². The summed E-state index contributed by atoms with van der Waals surface area (Å²) in [6.07, 6.45) is -4.06. The van der Waals surface area contributed by atoms with Crippen LogP contribution in [0.25, 0.3) is 10.1 Å². The van der Waals surface area contributed by atoms with Crippen LogP contribution in [0.3, 0.4) is 0 Å². The number of methoxy groups -OCH3 is 1. The summed E-state index contributed by atoms with van der Waals surface area (Å²) < 4.78 is 114. The summed E-state index contributed by atoms with van der Waals surface area (Å²) in [5.41, 5.74) is -1.57. The van der Waals surface area contributed by atoms with Crippen LogP contribution in [0.4, 0.5) is 28.3 Å². The van der Waals surface area contributed by atoms with Gasteiger partial charge in [0.25, 0.3) is 10.0 Å². The molecule has 1 aromatic heterocycles. The number of alkyl halides is 3. The van der Waals surface area contributed by atoms with Gasteiger partial charge in [0.15, 0.2) is 0 Å². The van der Waals surface area contributed by atoms with Gasteiger partial charge >= 0.3 is 6.18 Å². The quantitative estimate of drug-likeness (QED) is 0.261. The van der Waals surface area contributed by atoms with Gasteiger partial charge in [0.05, 0.1) is 31.2 Å². The van der Waals surface area contributed by atoms with E-state index >= 15 is 0 Å². The molecule has 0 spiro atoms. The second-order valence-electron chi connectivity index (χ2n) is 8.19. The number of thiophene rings is 1. The molecule has 1 N–H and O–H groups in total. The first-order chi connectivity index (χ1) is 17.7. The molecule has 0 atom stereocenters. The van der Waals surface area contributed by atoms with E-state index in [2.05, 4.69) is 4.72 Å². The molecule has 0 aliphatic rings. The van der Waals surface area contributed by atoms with Gasteiger partial charge in [-0.1, -0.05) is 24.3 Å². The third-order valence-corrected chi connectivity index (χ3v) is 9.02. The minimum Gasteiger partial charge on any atom is -0.495 e. The highest BCUT2D eigenvalue weighted by Gasteiger charge is 2.35. The maximum atomic E-state index is 14.0. The molecule has 0 unspecified atom stereocenters. The highest BCUT2D eigenvalue weighted by molar-refractivity contribution is 7.93. The van der Waals surface area contributed by atoms with Crippen LogP contribution < -0.4 is 13.8 Å². The monoisotopic (exact) mass is 588 g/mol. The Labute approximate surface area is 220 Å². The van der Waals surface area contributed by atoms with E-state index in [1.165, 1.54) is 19.2 Å². The zero-order valence-corrected chi connectivity index (χ0v) is 22.2. The van der Waals surface area contributed by atoms with Crippen molar-refractivity contribution in [1.29, 1.82) is 0 Å². The van der Waals surface area contributed by atoms with E-state index in [4.69, 9.17) is 4.74 Å². The minimum atomic E-state index is -4.98. The summed E-state index contributed by atoms with van der Waals surface area (Å²) in [5, 5.41) is 0.909. The Balaban J connectivity index is 1.86. The van der Waals surface area contributed by atoms with E-state index in [1.54, 1.807) is 30.3 Å². The third-order valence-electron chi connectivity index (χ3n) is 5.36. The van der Waals surface area contributed by atoms with E-state index in [0.29, 0.717) is 17.5 Å². The Morgan fingerprint density at radius 1 is 0.974 bits per heavy atom. The second kappa shape index (κ2) is 10.1. The number of hydrogen-bond donors (Lipinski definition) is 1. The van der Waals surface area contributed by atoms with Crippen molar-refractivity contribution in [3.63, 3.8) is 0 Å². The fourth-order valence-corrected chi connectivity index (χ4v) is 7.12. The Kier molecular flexibility index (Phi) is 7.34. The van der Waals surface area contributed by atoms with Crippen LogP contribution in [0, 0.1) is 5.82 Å². The smallest absolute Gasteiger partial charge is 0.419 e. The van der Waals surface area contributed by atoms with Crippen LogP contribution in [0.15, 0.2) is 71.6 Å². The molecule has 7 nitrogen and oxygen atoms in total.